The molecule has 140 valence electrons. The summed E-state index contributed by atoms with van der Waals surface area (Å²) >= 11 is 0. The summed E-state index contributed by atoms with van der Waals surface area (Å²) in [5.74, 6) is -0.251. The van der Waals surface area contributed by atoms with Crippen molar-refractivity contribution in [1.29, 1.82) is 0 Å². The van der Waals surface area contributed by atoms with Crippen LogP contribution in [-0.2, 0) is 19.4 Å². The van der Waals surface area contributed by atoms with Gasteiger partial charge in [-0.2, -0.15) is 8.42 Å². The topological polar surface area (TPSA) is 128 Å². The summed E-state index contributed by atoms with van der Waals surface area (Å²) < 4.78 is 34.1. The van der Waals surface area contributed by atoms with E-state index in [2.05, 4.69) is 16.4 Å². The average molecular weight is 355 g/mol. The zero-order valence-corrected chi connectivity index (χ0v) is 15.4. The van der Waals surface area contributed by atoms with Crippen LogP contribution in [0.15, 0.2) is 0 Å². The van der Waals surface area contributed by atoms with Crippen molar-refractivity contribution in [3.63, 3.8) is 0 Å². The average Bonchev–Trinajstić information content (AvgIpc) is 2.43. The quantitative estimate of drug-likeness (QED) is 0.248. The summed E-state index contributed by atoms with van der Waals surface area (Å²) in [5, 5.41) is 2.45. The van der Waals surface area contributed by atoms with E-state index in [1.54, 1.807) is 6.92 Å². The van der Waals surface area contributed by atoms with E-state index in [-0.39, 0.29) is 18.5 Å². The molecule has 0 aliphatic heterocycles. The number of carbonyl (C=O) groups excluding carboxylic acids is 1. The Balaban J connectivity index is 0. The zero-order chi connectivity index (χ0) is 16.8. The second kappa shape index (κ2) is 14.9. The Hall–Kier alpha value is -0.700. The highest BCUT2D eigenvalue weighted by atomic mass is 32.3. The van der Waals surface area contributed by atoms with E-state index in [0.717, 1.165) is 19.3 Å². The van der Waals surface area contributed by atoms with Gasteiger partial charge in [0.05, 0.1) is 0 Å². The summed E-state index contributed by atoms with van der Waals surface area (Å²) in [6.07, 6.45) is 10.1. The molecule has 1 atom stereocenters. The standard InChI is InChI=1S/C15H31NO5S.H3N/c1-3-5-6-7-8-9-10-11-12-13-14(17)16-15(4-2)21-22(18,19)20;/h15H,3-13H2,1-2H3,(H,16,17)(H,18,19,20);1H3. The van der Waals surface area contributed by atoms with Crippen molar-refractivity contribution in [3.05, 3.63) is 0 Å². The van der Waals surface area contributed by atoms with Gasteiger partial charge in [0.1, 0.15) is 0 Å². The van der Waals surface area contributed by atoms with Crippen LogP contribution < -0.4 is 11.5 Å². The molecule has 0 spiro atoms. The molecule has 0 bridgehead atoms. The molecule has 0 aromatic carbocycles. The SMILES string of the molecule is CCCCCCCCCCCC(=O)NC(CC)OS(=O)(=O)O.N. The van der Waals surface area contributed by atoms with Crippen LogP contribution in [0.5, 0.6) is 0 Å². The van der Waals surface area contributed by atoms with E-state index in [0.29, 0.717) is 6.42 Å². The van der Waals surface area contributed by atoms with Crippen LogP contribution in [-0.4, -0.2) is 25.1 Å². The van der Waals surface area contributed by atoms with Gasteiger partial charge in [-0.15, -0.1) is 0 Å². The van der Waals surface area contributed by atoms with E-state index >= 15 is 0 Å². The molecule has 23 heavy (non-hydrogen) atoms. The minimum atomic E-state index is -4.54. The maximum absolute atomic E-state index is 11.6. The second-order valence-corrected chi connectivity index (χ2v) is 6.61. The first-order valence-electron chi connectivity index (χ1n) is 8.34. The van der Waals surface area contributed by atoms with Crippen LogP contribution in [0.3, 0.4) is 0 Å². The Morgan fingerprint density at radius 3 is 1.91 bits per heavy atom. The van der Waals surface area contributed by atoms with E-state index < -0.39 is 16.6 Å². The van der Waals surface area contributed by atoms with Crippen molar-refractivity contribution in [1.82, 2.24) is 11.5 Å². The lowest BCUT2D eigenvalue weighted by Crippen LogP contribution is -2.37. The molecule has 0 aliphatic rings. The number of hydrogen-bond acceptors (Lipinski definition) is 5. The summed E-state index contributed by atoms with van der Waals surface area (Å²) in [6, 6.07) is 0. The van der Waals surface area contributed by atoms with Gasteiger partial charge in [-0.05, 0) is 12.8 Å². The van der Waals surface area contributed by atoms with Crippen molar-refractivity contribution in [2.24, 2.45) is 0 Å². The molecule has 0 radical (unpaired) electrons. The van der Waals surface area contributed by atoms with Crippen LogP contribution in [0, 0.1) is 0 Å². The van der Waals surface area contributed by atoms with E-state index in [9.17, 15) is 13.2 Å². The molecule has 7 nitrogen and oxygen atoms in total. The molecule has 1 unspecified atom stereocenters. The van der Waals surface area contributed by atoms with Gasteiger partial charge >= 0.3 is 10.4 Å². The third-order valence-corrected chi connectivity index (χ3v) is 3.91. The molecule has 0 saturated carbocycles. The summed E-state index contributed by atoms with van der Waals surface area (Å²) in [5.41, 5.74) is 0. The van der Waals surface area contributed by atoms with E-state index in [1.807, 2.05) is 0 Å². The molecular formula is C15H34N2O5S. The fourth-order valence-electron chi connectivity index (χ4n) is 2.19. The highest BCUT2D eigenvalue weighted by Gasteiger charge is 2.17. The van der Waals surface area contributed by atoms with Crippen molar-refractivity contribution in [3.8, 4) is 0 Å². The molecule has 8 heteroatoms. The van der Waals surface area contributed by atoms with Crippen LogP contribution in [0.25, 0.3) is 0 Å². The van der Waals surface area contributed by atoms with Gasteiger partial charge < -0.3 is 11.5 Å². The third kappa shape index (κ3) is 17.5. The largest absolute Gasteiger partial charge is 0.399 e. The van der Waals surface area contributed by atoms with Gasteiger partial charge in [0.2, 0.25) is 5.91 Å². The van der Waals surface area contributed by atoms with Crippen molar-refractivity contribution < 1.29 is 21.9 Å². The van der Waals surface area contributed by atoms with Crippen LogP contribution in [0.4, 0.5) is 0 Å². The first-order chi connectivity index (χ1) is 10.4. The lowest BCUT2D eigenvalue weighted by Gasteiger charge is -2.15. The van der Waals surface area contributed by atoms with Gasteiger partial charge in [-0.1, -0.05) is 65.2 Å². The summed E-state index contributed by atoms with van der Waals surface area (Å²) in [7, 11) is -4.54. The number of nitrogens with one attached hydrogen (secondary N) is 1. The maximum Gasteiger partial charge on any atom is 0.399 e. The van der Waals surface area contributed by atoms with Crippen LogP contribution >= 0.6 is 0 Å². The highest BCUT2D eigenvalue weighted by molar-refractivity contribution is 7.80. The molecule has 0 fully saturated rings. The number of carbonyl (C=O) groups is 1. The number of unbranched alkanes of at least 4 members (excludes halogenated alkanes) is 8. The van der Waals surface area contributed by atoms with Gasteiger partial charge in [0.15, 0.2) is 6.23 Å². The number of rotatable bonds is 14. The molecule has 1 amide bonds. The van der Waals surface area contributed by atoms with E-state index in [1.165, 1.54) is 38.5 Å². The fraction of sp³-hybridized carbons (Fsp3) is 0.933. The Labute approximate surface area is 141 Å². The number of amides is 1. The molecule has 5 N–H and O–H groups in total. The smallest absolute Gasteiger partial charge is 0.344 e. The predicted octanol–water partition coefficient (Wildman–Crippen LogP) is 3.74. The van der Waals surface area contributed by atoms with Gasteiger partial charge in [0, 0.05) is 6.42 Å². The van der Waals surface area contributed by atoms with Gasteiger partial charge in [-0.25, -0.2) is 4.18 Å². The Morgan fingerprint density at radius 2 is 1.48 bits per heavy atom. The molecule has 0 saturated heterocycles. The molecular weight excluding hydrogens is 320 g/mol. The monoisotopic (exact) mass is 354 g/mol. The maximum atomic E-state index is 11.6. The Kier molecular flexibility index (Phi) is 15.9. The first kappa shape index (κ1) is 24.6. The Morgan fingerprint density at radius 1 is 1.00 bits per heavy atom. The normalized spacial score (nSPS) is 12.5. The van der Waals surface area contributed by atoms with E-state index in [4.69, 9.17) is 4.55 Å². The lowest BCUT2D eigenvalue weighted by molar-refractivity contribution is -0.123. The van der Waals surface area contributed by atoms with Crippen molar-refractivity contribution >= 4 is 16.3 Å². The van der Waals surface area contributed by atoms with Crippen LogP contribution in [0.2, 0.25) is 0 Å². The molecule has 0 aromatic heterocycles. The van der Waals surface area contributed by atoms with Crippen molar-refractivity contribution in [2.75, 3.05) is 0 Å². The molecule has 0 heterocycles. The zero-order valence-electron chi connectivity index (χ0n) is 14.6. The molecule has 0 rings (SSSR count). The Bertz CT molecular complexity index is 387. The summed E-state index contributed by atoms with van der Waals surface area (Å²) in [4.78, 5) is 11.6. The minimum absolute atomic E-state index is 0. The van der Waals surface area contributed by atoms with Gasteiger partial charge in [0.25, 0.3) is 0 Å². The van der Waals surface area contributed by atoms with Gasteiger partial charge in [-0.3, -0.25) is 9.35 Å². The highest BCUT2D eigenvalue weighted by Crippen LogP contribution is 2.10. The number of hydrogen-bond donors (Lipinski definition) is 3. The fourth-order valence-corrected chi connectivity index (χ4v) is 2.67. The minimum Gasteiger partial charge on any atom is -0.344 e. The first-order valence-corrected chi connectivity index (χ1v) is 9.70. The lowest BCUT2D eigenvalue weighted by atomic mass is 10.1. The second-order valence-electron chi connectivity index (χ2n) is 5.57. The summed E-state index contributed by atoms with van der Waals surface area (Å²) in [6.45, 7) is 3.86. The third-order valence-electron chi connectivity index (χ3n) is 3.44. The molecule has 0 aromatic rings. The van der Waals surface area contributed by atoms with Crippen molar-refractivity contribution in [2.45, 2.75) is 90.7 Å². The predicted molar refractivity (Wildman–Crippen MR) is 91.7 cm³/mol. The molecule has 0 aliphatic carbocycles. The van der Waals surface area contributed by atoms with Crippen LogP contribution in [0.1, 0.15) is 84.5 Å².